The van der Waals surface area contributed by atoms with Crippen molar-refractivity contribution in [3.05, 3.63) is 35.4 Å². The fourth-order valence-corrected chi connectivity index (χ4v) is 3.20. The molecular formula is C16H20F2N2O. The Morgan fingerprint density at radius 3 is 2.57 bits per heavy atom. The van der Waals surface area contributed by atoms with Crippen molar-refractivity contribution in [1.29, 1.82) is 0 Å². The Bertz CT molecular complexity index is 541. The second-order valence-corrected chi connectivity index (χ2v) is 6.01. The van der Waals surface area contributed by atoms with E-state index in [2.05, 4.69) is 5.32 Å². The number of amides is 1. The van der Waals surface area contributed by atoms with Gasteiger partial charge in [0.05, 0.1) is 0 Å². The van der Waals surface area contributed by atoms with Crippen LogP contribution in [0.2, 0.25) is 0 Å². The Balaban J connectivity index is 1.60. The van der Waals surface area contributed by atoms with Crippen LogP contribution in [0.25, 0.3) is 0 Å². The van der Waals surface area contributed by atoms with Gasteiger partial charge >= 0.3 is 0 Å². The summed E-state index contributed by atoms with van der Waals surface area (Å²) in [5.74, 6) is -1.51. The molecule has 0 spiro atoms. The number of carbonyl (C=O) groups is 1. The number of hydrogen-bond donors (Lipinski definition) is 1. The van der Waals surface area contributed by atoms with Gasteiger partial charge in [0.15, 0.2) is 11.6 Å². The molecule has 21 heavy (non-hydrogen) atoms. The molecule has 0 aromatic heterocycles. The Morgan fingerprint density at radius 1 is 1.24 bits per heavy atom. The van der Waals surface area contributed by atoms with Gasteiger partial charge in [0.25, 0.3) is 0 Å². The number of halogens is 2. The molecule has 114 valence electrons. The molecule has 3 nitrogen and oxygen atoms in total. The monoisotopic (exact) mass is 294 g/mol. The summed E-state index contributed by atoms with van der Waals surface area (Å²) in [7, 11) is 1.95. The molecule has 1 saturated carbocycles. The van der Waals surface area contributed by atoms with Gasteiger partial charge < -0.3 is 10.2 Å². The standard InChI is InChI=1S/C16H20F2N2O/c1-19-11-4-6-20(7-5-11)16(21)13-9-12(13)10-2-3-14(17)15(18)8-10/h2-3,8,11-13,19H,4-7,9H2,1H3. The normalized spacial score (nSPS) is 26.0. The SMILES string of the molecule is CNC1CCN(C(=O)C2CC2c2ccc(F)c(F)c2)CC1. The fraction of sp³-hybridized carbons (Fsp3) is 0.562. The highest BCUT2D eigenvalue weighted by Gasteiger charge is 2.46. The minimum Gasteiger partial charge on any atom is -0.342 e. The third kappa shape index (κ3) is 2.93. The Morgan fingerprint density at radius 2 is 1.95 bits per heavy atom. The molecule has 1 aliphatic carbocycles. The van der Waals surface area contributed by atoms with E-state index in [-0.39, 0.29) is 17.7 Å². The largest absolute Gasteiger partial charge is 0.342 e. The molecular weight excluding hydrogens is 274 g/mol. The van der Waals surface area contributed by atoms with Gasteiger partial charge in [-0.25, -0.2) is 8.78 Å². The number of likely N-dealkylation sites (tertiary alicyclic amines) is 1. The fourth-order valence-electron chi connectivity index (χ4n) is 3.20. The number of benzene rings is 1. The van der Waals surface area contributed by atoms with Crippen LogP contribution in [0.1, 0.15) is 30.7 Å². The van der Waals surface area contributed by atoms with Gasteiger partial charge in [-0.05, 0) is 49.9 Å². The lowest BCUT2D eigenvalue weighted by Gasteiger charge is -2.32. The van der Waals surface area contributed by atoms with E-state index in [0.717, 1.165) is 44.0 Å². The summed E-state index contributed by atoms with van der Waals surface area (Å²) in [4.78, 5) is 14.3. The van der Waals surface area contributed by atoms with E-state index in [0.29, 0.717) is 6.04 Å². The average Bonchev–Trinajstić information content (AvgIpc) is 3.30. The van der Waals surface area contributed by atoms with Crippen LogP contribution in [0.4, 0.5) is 8.78 Å². The van der Waals surface area contributed by atoms with Crippen molar-refractivity contribution < 1.29 is 13.6 Å². The molecule has 2 fully saturated rings. The van der Waals surface area contributed by atoms with Gasteiger partial charge in [0.2, 0.25) is 5.91 Å². The summed E-state index contributed by atoms with van der Waals surface area (Å²) in [6.07, 6.45) is 2.70. The maximum atomic E-state index is 13.3. The molecule has 1 saturated heterocycles. The second kappa shape index (κ2) is 5.72. The van der Waals surface area contributed by atoms with Crippen molar-refractivity contribution in [2.75, 3.05) is 20.1 Å². The van der Waals surface area contributed by atoms with Gasteiger partial charge in [-0.1, -0.05) is 6.07 Å². The average molecular weight is 294 g/mol. The molecule has 0 radical (unpaired) electrons. The van der Waals surface area contributed by atoms with Crippen molar-refractivity contribution in [3.8, 4) is 0 Å². The smallest absolute Gasteiger partial charge is 0.226 e. The number of piperidine rings is 1. The molecule has 1 amide bonds. The topological polar surface area (TPSA) is 32.3 Å². The van der Waals surface area contributed by atoms with Gasteiger partial charge in [-0.2, -0.15) is 0 Å². The van der Waals surface area contributed by atoms with Crippen LogP contribution >= 0.6 is 0 Å². The highest BCUT2D eigenvalue weighted by Crippen LogP contribution is 2.48. The zero-order valence-corrected chi connectivity index (χ0v) is 12.1. The van der Waals surface area contributed by atoms with E-state index in [1.807, 2.05) is 11.9 Å². The maximum Gasteiger partial charge on any atom is 0.226 e. The number of carbonyl (C=O) groups excluding carboxylic acids is 1. The minimum atomic E-state index is -0.837. The van der Waals surface area contributed by atoms with Crippen molar-refractivity contribution in [3.63, 3.8) is 0 Å². The summed E-state index contributed by atoms with van der Waals surface area (Å²) < 4.78 is 26.2. The van der Waals surface area contributed by atoms with Crippen LogP contribution in [0.15, 0.2) is 18.2 Å². The summed E-state index contributed by atoms with van der Waals surface area (Å²) in [6, 6.07) is 4.45. The zero-order chi connectivity index (χ0) is 15.0. The van der Waals surface area contributed by atoms with Crippen LogP contribution in [-0.2, 0) is 4.79 Å². The quantitative estimate of drug-likeness (QED) is 0.927. The minimum absolute atomic E-state index is 0.0506. The number of nitrogens with zero attached hydrogens (tertiary/aromatic N) is 1. The lowest BCUT2D eigenvalue weighted by atomic mass is 10.0. The van der Waals surface area contributed by atoms with E-state index in [1.165, 1.54) is 6.07 Å². The zero-order valence-electron chi connectivity index (χ0n) is 12.1. The van der Waals surface area contributed by atoms with Crippen LogP contribution in [-0.4, -0.2) is 37.0 Å². The van der Waals surface area contributed by atoms with E-state index in [9.17, 15) is 13.6 Å². The maximum absolute atomic E-state index is 13.3. The molecule has 5 heteroatoms. The summed E-state index contributed by atoms with van der Waals surface area (Å²) >= 11 is 0. The first-order chi connectivity index (χ1) is 10.1. The molecule has 1 N–H and O–H groups in total. The molecule has 2 unspecified atom stereocenters. The third-order valence-electron chi connectivity index (χ3n) is 4.69. The molecule has 1 aromatic rings. The van der Waals surface area contributed by atoms with Crippen molar-refractivity contribution >= 4 is 5.91 Å². The third-order valence-corrected chi connectivity index (χ3v) is 4.69. The first kappa shape index (κ1) is 14.4. The van der Waals surface area contributed by atoms with Crippen LogP contribution in [0.5, 0.6) is 0 Å². The second-order valence-electron chi connectivity index (χ2n) is 6.01. The number of hydrogen-bond acceptors (Lipinski definition) is 2. The van der Waals surface area contributed by atoms with Crippen molar-refractivity contribution in [2.24, 2.45) is 5.92 Å². The molecule has 3 rings (SSSR count). The van der Waals surface area contributed by atoms with E-state index >= 15 is 0 Å². The molecule has 1 aromatic carbocycles. The molecule has 2 atom stereocenters. The molecule has 1 aliphatic heterocycles. The van der Waals surface area contributed by atoms with Gasteiger partial charge in [0.1, 0.15) is 0 Å². The first-order valence-electron chi connectivity index (χ1n) is 7.51. The van der Waals surface area contributed by atoms with E-state index < -0.39 is 11.6 Å². The first-order valence-corrected chi connectivity index (χ1v) is 7.51. The lowest BCUT2D eigenvalue weighted by molar-refractivity contribution is -0.133. The van der Waals surface area contributed by atoms with Crippen molar-refractivity contribution in [1.82, 2.24) is 10.2 Å². The highest BCUT2D eigenvalue weighted by atomic mass is 19.2. The highest BCUT2D eigenvalue weighted by molar-refractivity contribution is 5.83. The van der Waals surface area contributed by atoms with Gasteiger partial charge in [-0.3, -0.25) is 4.79 Å². The summed E-state index contributed by atoms with van der Waals surface area (Å²) in [5, 5.41) is 3.24. The lowest BCUT2D eigenvalue weighted by Crippen LogP contribution is -2.44. The van der Waals surface area contributed by atoms with Gasteiger partial charge in [-0.15, -0.1) is 0 Å². The molecule has 1 heterocycles. The summed E-state index contributed by atoms with van der Waals surface area (Å²) in [5.41, 5.74) is 0.734. The van der Waals surface area contributed by atoms with E-state index in [4.69, 9.17) is 0 Å². The van der Waals surface area contributed by atoms with E-state index in [1.54, 1.807) is 6.07 Å². The predicted octanol–water partition coefficient (Wildman–Crippen LogP) is 2.28. The van der Waals surface area contributed by atoms with Crippen LogP contribution in [0, 0.1) is 17.6 Å². The van der Waals surface area contributed by atoms with Crippen LogP contribution in [0.3, 0.4) is 0 Å². The Kier molecular flexibility index (Phi) is 3.93. The number of rotatable bonds is 3. The Hall–Kier alpha value is -1.49. The van der Waals surface area contributed by atoms with Crippen LogP contribution < -0.4 is 5.32 Å². The Labute approximate surface area is 123 Å². The number of nitrogens with one attached hydrogen (secondary N) is 1. The van der Waals surface area contributed by atoms with Crippen molar-refractivity contribution in [2.45, 2.75) is 31.2 Å². The predicted molar refractivity (Wildman–Crippen MR) is 75.9 cm³/mol. The van der Waals surface area contributed by atoms with Gasteiger partial charge in [0, 0.05) is 25.0 Å². The molecule has 0 bridgehead atoms. The summed E-state index contributed by atoms with van der Waals surface area (Å²) in [6.45, 7) is 1.57. The molecule has 2 aliphatic rings.